The molecule has 2 aromatic heterocycles. The van der Waals surface area contributed by atoms with Gasteiger partial charge >= 0.3 is 0 Å². The molecule has 35 heavy (non-hydrogen) atoms. The minimum atomic E-state index is -0.624. The first kappa shape index (κ1) is 21.6. The third-order valence-electron chi connectivity index (χ3n) is 7.40. The third-order valence-corrected chi connectivity index (χ3v) is 7.40. The lowest BCUT2D eigenvalue weighted by Gasteiger charge is -2.33. The third kappa shape index (κ3) is 3.79. The first-order valence-electron chi connectivity index (χ1n) is 12.1. The van der Waals surface area contributed by atoms with Crippen LogP contribution in [0.25, 0.3) is 11.0 Å². The molecule has 178 valence electrons. The average molecular weight is 470 g/mol. The summed E-state index contributed by atoms with van der Waals surface area (Å²) in [6.07, 6.45) is 6.54. The Labute approximate surface area is 202 Å². The number of para-hydroxylation sites is 1. The molecule has 2 N–H and O–H groups in total. The molecule has 2 atom stereocenters. The maximum Gasteiger partial charge on any atom is 0.248 e. The van der Waals surface area contributed by atoms with Gasteiger partial charge in [-0.2, -0.15) is 0 Å². The van der Waals surface area contributed by atoms with E-state index in [0.717, 1.165) is 53.3 Å². The zero-order valence-corrected chi connectivity index (χ0v) is 19.5. The molecule has 2 aliphatic carbocycles. The van der Waals surface area contributed by atoms with Gasteiger partial charge in [0, 0.05) is 11.6 Å². The van der Waals surface area contributed by atoms with Gasteiger partial charge in [-0.3, -0.25) is 9.59 Å². The number of hydrogen-bond donors (Lipinski definition) is 2. The first-order valence-corrected chi connectivity index (χ1v) is 12.1. The highest BCUT2D eigenvalue weighted by molar-refractivity contribution is 5.88. The summed E-state index contributed by atoms with van der Waals surface area (Å²) in [6, 6.07) is 15.6. The number of aryl methyl sites for hydroxylation is 1. The van der Waals surface area contributed by atoms with E-state index in [1.165, 1.54) is 0 Å². The largest absolute Gasteiger partial charge is 0.460 e. The summed E-state index contributed by atoms with van der Waals surface area (Å²) in [7, 11) is 0. The van der Waals surface area contributed by atoms with Crippen molar-refractivity contribution in [2.45, 2.75) is 56.7 Å². The second-order valence-electron chi connectivity index (χ2n) is 9.55. The number of carbonyl (C=O) groups excluding carboxylic acids is 2. The number of aromatic nitrogens is 3. The summed E-state index contributed by atoms with van der Waals surface area (Å²) >= 11 is 0. The molecule has 6 rings (SSSR count). The van der Waals surface area contributed by atoms with Gasteiger partial charge in [-0.1, -0.05) is 47.7 Å². The molecule has 2 aliphatic rings. The Balaban J connectivity index is 1.17. The zero-order chi connectivity index (χ0) is 24.0. The number of rotatable bonds is 6. The summed E-state index contributed by atoms with van der Waals surface area (Å²) in [4.78, 5) is 26.2. The molecular weight excluding hydrogens is 442 g/mol. The van der Waals surface area contributed by atoms with Crippen LogP contribution in [0.5, 0.6) is 0 Å². The van der Waals surface area contributed by atoms with Crippen LogP contribution in [0.2, 0.25) is 0 Å². The molecule has 8 heteroatoms. The smallest absolute Gasteiger partial charge is 0.248 e. The van der Waals surface area contributed by atoms with Gasteiger partial charge < -0.3 is 15.1 Å². The van der Waals surface area contributed by atoms with Crippen molar-refractivity contribution in [1.82, 2.24) is 25.6 Å². The molecule has 0 radical (unpaired) electrons. The van der Waals surface area contributed by atoms with Gasteiger partial charge in [0.2, 0.25) is 11.8 Å². The number of amides is 2. The predicted molar refractivity (Wildman–Crippen MR) is 129 cm³/mol. The van der Waals surface area contributed by atoms with Crippen LogP contribution in [-0.4, -0.2) is 26.8 Å². The van der Waals surface area contributed by atoms with Gasteiger partial charge in [0.05, 0.1) is 24.7 Å². The fourth-order valence-corrected chi connectivity index (χ4v) is 5.28. The zero-order valence-electron chi connectivity index (χ0n) is 19.5. The van der Waals surface area contributed by atoms with E-state index >= 15 is 0 Å². The summed E-state index contributed by atoms with van der Waals surface area (Å²) in [5.41, 5.74) is 3.27. The lowest BCUT2D eigenvalue weighted by atomic mass is 9.84. The standard InChI is InChI=1S/C27H27N5O3/c1-17-18-6-4-5-9-23(18)35-24(17)16-25(33)29-21-10-11-22(20-8-3-2-7-19(20)21)30-26(34)27(12-13-27)32-15-14-28-31-32/h2-9,14-15,21-22H,10-13,16H2,1H3,(H,29,33)(H,30,34). The Bertz CT molecular complexity index is 1400. The number of nitrogens with zero attached hydrogens (tertiary/aromatic N) is 3. The molecule has 0 aliphatic heterocycles. The summed E-state index contributed by atoms with van der Waals surface area (Å²) in [6.45, 7) is 1.99. The number of hydrogen-bond acceptors (Lipinski definition) is 5. The summed E-state index contributed by atoms with van der Waals surface area (Å²) in [5.74, 6) is 0.601. The molecular formula is C27H27N5O3. The van der Waals surface area contributed by atoms with E-state index in [9.17, 15) is 9.59 Å². The Morgan fingerprint density at radius 1 is 1.03 bits per heavy atom. The van der Waals surface area contributed by atoms with Crippen LogP contribution >= 0.6 is 0 Å². The van der Waals surface area contributed by atoms with E-state index in [-0.39, 0.29) is 30.3 Å². The minimum absolute atomic E-state index is 0.0225. The van der Waals surface area contributed by atoms with E-state index in [1.54, 1.807) is 17.1 Å². The molecule has 4 aromatic rings. The van der Waals surface area contributed by atoms with Crippen LogP contribution in [0.4, 0.5) is 0 Å². The van der Waals surface area contributed by atoms with Crippen LogP contribution in [0.3, 0.4) is 0 Å². The Morgan fingerprint density at radius 3 is 2.37 bits per heavy atom. The van der Waals surface area contributed by atoms with Crippen molar-refractivity contribution in [3.05, 3.63) is 83.4 Å². The fourth-order valence-electron chi connectivity index (χ4n) is 5.28. The van der Waals surface area contributed by atoms with Crippen molar-refractivity contribution >= 4 is 22.8 Å². The average Bonchev–Trinajstić information content (AvgIpc) is 3.37. The van der Waals surface area contributed by atoms with E-state index in [0.29, 0.717) is 5.76 Å². The van der Waals surface area contributed by atoms with Gasteiger partial charge in [0.25, 0.3) is 0 Å². The molecule has 1 saturated carbocycles. The molecule has 0 saturated heterocycles. The second kappa shape index (κ2) is 8.37. The van der Waals surface area contributed by atoms with Crippen molar-refractivity contribution in [3.63, 3.8) is 0 Å². The maximum absolute atomic E-state index is 13.2. The Kier molecular flexibility index (Phi) is 5.16. The maximum atomic E-state index is 13.2. The highest BCUT2D eigenvalue weighted by Crippen LogP contribution is 2.44. The normalized spacial score (nSPS) is 20.3. The summed E-state index contributed by atoms with van der Waals surface area (Å²) < 4.78 is 7.60. The van der Waals surface area contributed by atoms with Crippen molar-refractivity contribution in [2.75, 3.05) is 0 Å². The van der Waals surface area contributed by atoms with Crippen LogP contribution < -0.4 is 10.6 Å². The lowest BCUT2D eigenvalue weighted by molar-refractivity contribution is -0.127. The Morgan fingerprint density at radius 2 is 1.71 bits per heavy atom. The predicted octanol–water partition coefficient (Wildman–Crippen LogP) is 3.87. The van der Waals surface area contributed by atoms with Crippen molar-refractivity contribution in [2.24, 2.45) is 0 Å². The van der Waals surface area contributed by atoms with E-state index < -0.39 is 5.54 Å². The number of nitrogens with one attached hydrogen (secondary N) is 2. The van der Waals surface area contributed by atoms with Crippen molar-refractivity contribution in [3.8, 4) is 0 Å². The molecule has 2 heterocycles. The molecule has 0 bridgehead atoms. The van der Waals surface area contributed by atoms with Crippen LogP contribution in [-0.2, 0) is 21.5 Å². The van der Waals surface area contributed by atoms with Gasteiger partial charge in [-0.15, -0.1) is 5.10 Å². The fraction of sp³-hybridized carbons (Fsp3) is 0.333. The SMILES string of the molecule is Cc1c(CC(=O)NC2CCC(NC(=O)C3(n4ccnn4)CC3)c3ccccc32)oc2ccccc12. The van der Waals surface area contributed by atoms with Gasteiger partial charge in [-0.05, 0) is 55.4 Å². The molecule has 1 fully saturated rings. The summed E-state index contributed by atoms with van der Waals surface area (Å²) in [5, 5.41) is 15.4. The Hall–Kier alpha value is -3.94. The number of benzene rings is 2. The molecule has 2 unspecified atom stereocenters. The van der Waals surface area contributed by atoms with Gasteiger partial charge in [0.1, 0.15) is 16.9 Å². The quantitative estimate of drug-likeness (QED) is 0.446. The minimum Gasteiger partial charge on any atom is -0.460 e. The van der Waals surface area contributed by atoms with E-state index in [4.69, 9.17) is 4.42 Å². The van der Waals surface area contributed by atoms with Gasteiger partial charge in [0.15, 0.2) is 0 Å². The number of carbonyl (C=O) groups is 2. The van der Waals surface area contributed by atoms with E-state index in [2.05, 4.69) is 20.9 Å². The molecule has 8 nitrogen and oxygen atoms in total. The molecule has 2 amide bonds. The molecule has 0 spiro atoms. The second-order valence-corrected chi connectivity index (χ2v) is 9.55. The van der Waals surface area contributed by atoms with Crippen LogP contribution in [0.1, 0.15) is 60.2 Å². The van der Waals surface area contributed by atoms with Crippen LogP contribution in [0, 0.1) is 6.92 Å². The van der Waals surface area contributed by atoms with E-state index in [1.807, 2.05) is 55.5 Å². The lowest BCUT2D eigenvalue weighted by Crippen LogP contribution is -2.43. The number of furan rings is 1. The van der Waals surface area contributed by atoms with Gasteiger partial charge in [-0.25, -0.2) is 4.68 Å². The molecule has 2 aromatic carbocycles. The first-order chi connectivity index (χ1) is 17.0. The number of fused-ring (bicyclic) bond motifs is 2. The topological polar surface area (TPSA) is 102 Å². The highest BCUT2D eigenvalue weighted by atomic mass is 16.3. The van der Waals surface area contributed by atoms with Crippen molar-refractivity contribution < 1.29 is 14.0 Å². The van der Waals surface area contributed by atoms with Crippen LogP contribution in [0.15, 0.2) is 65.3 Å². The van der Waals surface area contributed by atoms with Crippen molar-refractivity contribution in [1.29, 1.82) is 0 Å². The monoisotopic (exact) mass is 469 g/mol. The highest BCUT2D eigenvalue weighted by Gasteiger charge is 2.53.